The molecule has 4 nitrogen and oxygen atoms in total. The first-order valence-corrected chi connectivity index (χ1v) is 6.04. The van der Waals surface area contributed by atoms with Crippen molar-refractivity contribution in [2.24, 2.45) is 0 Å². The van der Waals surface area contributed by atoms with E-state index in [0.717, 1.165) is 22.9 Å². The maximum Gasteiger partial charge on any atom is 0.253 e. The van der Waals surface area contributed by atoms with E-state index < -0.39 is 0 Å². The highest BCUT2D eigenvalue weighted by Gasteiger charge is 2.11. The first kappa shape index (κ1) is 12.6. The molecule has 0 aliphatic rings. The molecule has 0 spiro atoms. The van der Waals surface area contributed by atoms with Crippen LogP contribution in [0.5, 0.6) is 0 Å². The zero-order valence-corrected chi connectivity index (χ0v) is 10.8. The molecule has 0 atom stereocenters. The number of benzene rings is 1. The minimum Gasteiger partial charge on any atom is -0.385 e. The Hall–Kier alpha value is -1.81. The fourth-order valence-electron chi connectivity index (χ4n) is 1.95. The van der Waals surface area contributed by atoms with E-state index in [4.69, 9.17) is 4.74 Å². The van der Waals surface area contributed by atoms with Gasteiger partial charge in [-0.05, 0) is 30.7 Å². The number of nitrogens with zero attached hydrogens (tertiary/aromatic N) is 1. The Kier molecular flexibility index (Phi) is 3.99. The largest absolute Gasteiger partial charge is 0.385 e. The van der Waals surface area contributed by atoms with Gasteiger partial charge < -0.3 is 14.6 Å². The summed E-state index contributed by atoms with van der Waals surface area (Å²) in [4.78, 5) is 17.0. The van der Waals surface area contributed by atoms with E-state index in [0.29, 0.717) is 13.2 Å². The Labute approximate surface area is 107 Å². The summed E-state index contributed by atoms with van der Waals surface area (Å²) in [7, 11) is 3.49. The molecule has 1 amide bonds. The van der Waals surface area contributed by atoms with Gasteiger partial charge in [-0.2, -0.15) is 0 Å². The number of amides is 1. The van der Waals surface area contributed by atoms with E-state index in [1.165, 1.54) is 0 Å². The van der Waals surface area contributed by atoms with Crippen LogP contribution in [0, 0.1) is 0 Å². The Bertz CT molecular complexity index is 533. The normalized spacial score (nSPS) is 10.8. The number of rotatable bonds is 5. The number of hydrogen-bond donors (Lipinski definition) is 1. The van der Waals surface area contributed by atoms with Gasteiger partial charge in [-0.3, -0.25) is 4.79 Å². The topological polar surface area (TPSA) is 45.3 Å². The summed E-state index contributed by atoms with van der Waals surface area (Å²) in [5.74, 6) is 0.0502. The van der Waals surface area contributed by atoms with Crippen LogP contribution in [0.15, 0.2) is 30.5 Å². The van der Waals surface area contributed by atoms with E-state index in [1.807, 2.05) is 37.5 Å². The van der Waals surface area contributed by atoms with Crippen molar-refractivity contribution in [1.82, 2.24) is 9.88 Å². The van der Waals surface area contributed by atoms with Crippen LogP contribution < -0.4 is 0 Å². The zero-order chi connectivity index (χ0) is 13.0. The number of carbonyl (C=O) groups excluding carboxylic acids is 1. The van der Waals surface area contributed by atoms with E-state index in [1.54, 1.807) is 12.0 Å². The third-order valence-electron chi connectivity index (χ3n) is 2.99. The maximum absolute atomic E-state index is 12.2. The molecule has 0 radical (unpaired) electrons. The minimum atomic E-state index is 0.0502. The standard InChI is InChI=1S/C14H18N2O2/c1-16(8-3-9-18-2)14(17)12-4-5-13-11(10-12)6-7-15-13/h4-7,10,15H,3,8-9H2,1-2H3. The fourth-order valence-corrected chi connectivity index (χ4v) is 1.95. The molecule has 0 aliphatic carbocycles. The lowest BCUT2D eigenvalue weighted by molar-refractivity contribution is 0.0779. The fraction of sp³-hybridized carbons (Fsp3) is 0.357. The Morgan fingerprint density at radius 2 is 2.22 bits per heavy atom. The predicted octanol–water partition coefficient (Wildman–Crippen LogP) is 2.28. The molecule has 18 heavy (non-hydrogen) atoms. The van der Waals surface area contributed by atoms with Gasteiger partial charge in [-0.25, -0.2) is 0 Å². The summed E-state index contributed by atoms with van der Waals surface area (Å²) in [6, 6.07) is 7.68. The number of methoxy groups -OCH3 is 1. The third-order valence-corrected chi connectivity index (χ3v) is 2.99. The second-order valence-corrected chi connectivity index (χ2v) is 4.35. The van der Waals surface area contributed by atoms with Crippen LogP contribution >= 0.6 is 0 Å². The lowest BCUT2D eigenvalue weighted by atomic mass is 10.1. The first-order chi connectivity index (χ1) is 8.72. The van der Waals surface area contributed by atoms with E-state index >= 15 is 0 Å². The molecule has 1 N–H and O–H groups in total. The summed E-state index contributed by atoms with van der Waals surface area (Å²) >= 11 is 0. The van der Waals surface area contributed by atoms with Crippen LogP contribution in [-0.4, -0.2) is 43.1 Å². The van der Waals surface area contributed by atoms with Gasteiger partial charge in [0, 0.05) is 50.0 Å². The van der Waals surface area contributed by atoms with Gasteiger partial charge >= 0.3 is 0 Å². The lowest BCUT2D eigenvalue weighted by Gasteiger charge is -2.16. The highest BCUT2D eigenvalue weighted by molar-refractivity contribution is 5.97. The number of carbonyl (C=O) groups is 1. The number of H-pyrrole nitrogens is 1. The van der Waals surface area contributed by atoms with Crippen molar-refractivity contribution in [2.45, 2.75) is 6.42 Å². The van der Waals surface area contributed by atoms with Crippen LogP contribution in [0.4, 0.5) is 0 Å². The van der Waals surface area contributed by atoms with Crippen molar-refractivity contribution >= 4 is 16.8 Å². The van der Waals surface area contributed by atoms with Gasteiger partial charge in [0.05, 0.1) is 0 Å². The number of fused-ring (bicyclic) bond motifs is 1. The smallest absolute Gasteiger partial charge is 0.253 e. The van der Waals surface area contributed by atoms with Crippen LogP contribution in [0.3, 0.4) is 0 Å². The van der Waals surface area contributed by atoms with Gasteiger partial charge in [0.1, 0.15) is 0 Å². The van der Waals surface area contributed by atoms with Gasteiger partial charge in [0.2, 0.25) is 0 Å². The van der Waals surface area contributed by atoms with Gasteiger partial charge in [0.25, 0.3) is 5.91 Å². The highest BCUT2D eigenvalue weighted by atomic mass is 16.5. The summed E-state index contributed by atoms with van der Waals surface area (Å²) in [6.07, 6.45) is 2.73. The van der Waals surface area contributed by atoms with Crippen molar-refractivity contribution in [3.63, 3.8) is 0 Å². The van der Waals surface area contributed by atoms with Crippen LogP contribution in [0.2, 0.25) is 0 Å². The monoisotopic (exact) mass is 246 g/mol. The highest BCUT2D eigenvalue weighted by Crippen LogP contribution is 2.15. The van der Waals surface area contributed by atoms with Gasteiger partial charge in [0.15, 0.2) is 0 Å². The molecule has 2 aromatic rings. The second-order valence-electron chi connectivity index (χ2n) is 4.35. The van der Waals surface area contributed by atoms with Crippen molar-refractivity contribution in [3.8, 4) is 0 Å². The number of ether oxygens (including phenoxy) is 1. The molecule has 0 fully saturated rings. The first-order valence-electron chi connectivity index (χ1n) is 6.04. The quantitative estimate of drug-likeness (QED) is 0.823. The van der Waals surface area contributed by atoms with Crippen molar-refractivity contribution in [1.29, 1.82) is 0 Å². The second kappa shape index (κ2) is 5.69. The number of aromatic amines is 1. The number of hydrogen-bond acceptors (Lipinski definition) is 2. The predicted molar refractivity (Wildman–Crippen MR) is 71.8 cm³/mol. The molecule has 0 saturated heterocycles. The summed E-state index contributed by atoms with van der Waals surface area (Å²) < 4.78 is 4.98. The molecular formula is C14H18N2O2. The average Bonchev–Trinajstić information content (AvgIpc) is 2.85. The van der Waals surface area contributed by atoms with Crippen LogP contribution in [0.1, 0.15) is 16.8 Å². The molecule has 0 bridgehead atoms. The molecule has 96 valence electrons. The SMILES string of the molecule is COCCCN(C)C(=O)c1ccc2[nH]ccc2c1. The molecule has 2 rings (SSSR count). The Morgan fingerprint density at radius 1 is 1.39 bits per heavy atom. The molecule has 4 heteroatoms. The molecule has 0 aliphatic heterocycles. The molecule has 0 unspecified atom stereocenters. The summed E-state index contributed by atoms with van der Waals surface area (Å²) in [5.41, 5.74) is 1.77. The summed E-state index contributed by atoms with van der Waals surface area (Å²) in [5, 5.41) is 1.06. The molecule has 1 aromatic carbocycles. The zero-order valence-electron chi connectivity index (χ0n) is 10.8. The lowest BCUT2D eigenvalue weighted by Crippen LogP contribution is -2.28. The molecule has 0 saturated carbocycles. The number of aromatic nitrogens is 1. The van der Waals surface area contributed by atoms with Crippen LogP contribution in [-0.2, 0) is 4.74 Å². The Balaban J connectivity index is 2.07. The minimum absolute atomic E-state index is 0.0502. The van der Waals surface area contributed by atoms with E-state index in [2.05, 4.69) is 4.98 Å². The van der Waals surface area contributed by atoms with Gasteiger partial charge in [-0.1, -0.05) is 0 Å². The average molecular weight is 246 g/mol. The summed E-state index contributed by atoms with van der Waals surface area (Å²) in [6.45, 7) is 1.38. The number of nitrogens with one attached hydrogen (secondary N) is 1. The Morgan fingerprint density at radius 3 is 3.00 bits per heavy atom. The van der Waals surface area contributed by atoms with E-state index in [9.17, 15) is 4.79 Å². The third kappa shape index (κ3) is 2.71. The maximum atomic E-state index is 12.2. The van der Waals surface area contributed by atoms with Crippen molar-refractivity contribution < 1.29 is 9.53 Å². The molecule has 1 aromatic heterocycles. The van der Waals surface area contributed by atoms with E-state index in [-0.39, 0.29) is 5.91 Å². The van der Waals surface area contributed by atoms with Crippen LogP contribution in [0.25, 0.3) is 10.9 Å². The molecule has 1 heterocycles. The van der Waals surface area contributed by atoms with Crippen molar-refractivity contribution in [3.05, 3.63) is 36.0 Å². The van der Waals surface area contributed by atoms with Crippen molar-refractivity contribution in [2.75, 3.05) is 27.3 Å². The molecular weight excluding hydrogens is 228 g/mol. The van der Waals surface area contributed by atoms with Gasteiger partial charge in [-0.15, -0.1) is 0 Å².